The first-order valence-electron chi connectivity index (χ1n) is 7.34. The summed E-state index contributed by atoms with van der Waals surface area (Å²) in [6.07, 6.45) is 2.19. The second kappa shape index (κ2) is 6.10. The van der Waals surface area contributed by atoms with E-state index in [0.717, 1.165) is 19.4 Å². The van der Waals surface area contributed by atoms with Gasteiger partial charge in [0.05, 0.1) is 24.5 Å². The molecule has 2 aliphatic rings. The van der Waals surface area contributed by atoms with Crippen molar-refractivity contribution in [2.45, 2.75) is 45.2 Å². The van der Waals surface area contributed by atoms with Gasteiger partial charge in [-0.3, -0.25) is 9.59 Å². The maximum atomic E-state index is 12.4. The third-order valence-corrected chi connectivity index (χ3v) is 4.65. The van der Waals surface area contributed by atoms with Crippen molar-refractivity contribution in [2.75, 3.05) is 19.8 Å². The Kier molecular flexibility index (Phi) is 4.65. The largest absolute Gasteiger partial charge is 0.481 e. The summed E-state index contributed by atoms with van der Waals surface area (Å²) in [5.74, 6) is -1.15. The van der Waals surface area contributed by atoms with Gasteiger partial charge in [-0.15, -0.1) is 0 Å². The van der Waals surface area contributed by atoms with E-state index in [9.17, 15) is 14.7 Å². The van der Waals surface area contributed by atoms with E-state index in [0.29, 0.717) is 19.6 Å². The quantitative estimate of drug-likeness (QED) is 0.679. The molecule has 2 fully saturated rings. The molecule has 2 rings (SSSR count). The topological polar surface area (TPSA) is 87.7 Å². The lowest BCUT2D eigenvalue weighted by molar-refractivity contribution is -0.149. The molecular formula is C14H24N2O4. The van der Waals surface area contributed by atoms with E-state index >= 15 is 0 Å². The second-order valence-electron chi connectivity index (χ2n) is 5.98. The first-order chi connectivity index (χ1) is 9.49. The van der Waals surface area contributed by atoms with E-state index in [-0.39, 0.29) is 23.9 Å². The van der Waals surface area contributed by atoms with Gasteiger partial charge in [0.25, 0.3) is 0 Å². The molecule has 4 unspecified atom stereocenters. The normalized spacial score (nSPS) is 37.0. The summed E-state index contributed by atoms with van der Waals surface area (Å²) in [4.78, 5) is 23.8. The van der Waals surface area contributed by atoms with Crippen LogP contribution in [0.15, 0.2) is 0 Å². The zero-order valence-electron chi connectivity index (χ0n) is 12.1. The predicted octanol–water partition coefficient (Wildman–Crippen LogP) is 0.371. The van der Waals surface area contributed by atoms with Crippen LogP contribution < -0.4 is 10.6 Å². The lowest BCUT2D eigenvalue weighted by atomic mass is 9.84. The van der Waals surface area contributed by atoms with Crippen LogP contribution in [0.25, 0.3) is 0 Å². The minimum Gasteiger partial charge on any atom is -0.481 e. The number of nitrogens with one attached hydrogen (secondary N) is 2. The van der Waals surface area contributed by atoms with E-state index in [1.165, 1.54) is 0 Å². The first-order valence-corrected chi connectivity index (χ1v) is 7.34. The zero-order chi connectivity index (χ0) is 14.8. The number of rotatable bonds is 5. The molecule has 0 aromatic carbocycles. The number of carbonyl (C=O) groups is 2. The van der Waals surface area contributed by atoms with Gasteiger partial charge in [0.1, 0.15) is 0 Å². The molecule has 0 aromatic rings. The van der Waals surface area contributed by atoms with Crippen LogP contribution in [0, 0.1) is 11.3 Å². The van der Waals surface area contributed by atoms with Gasteiger partial charge in [-0.2, -0.15) is 0 Å². The van der Waals surface area contributed by atoms with E-state index in [4.69, 9.17) is 4.74 Å². The fraction of sp³-hybridized carbons (Fsp3) is 0.857. The highest BCUT2D eigenvalue weighted by atomic mass is 16.5. The summed E-state index contributed by atoms with van der Waals surface area (Å²) in [6, 6.07) is -0.257. The second-order valence-corrected chi connectivity index (χ2v) is 5.98. The Morgan fingerprint density at radius 1 is 1.40 bits per heavy atom. The Hall–Kier alpha value is -1.14. The Balaban J connectivity index is 1.99. The van der Waals surface area contributed by atoms with E-state index in [1.54, 1.807) is 6.92 Å². The van der Waals surface area contributed by atoms with Gasteiger partial charge < -0.3 is 20.5 Å². The molecule has 1 aliphatic heterocycles. The van der Waals surface area contributed by atoms with Crippen LogP contribution in [0.5, 0.6) is 0 Å². The molecule has 0 bridgehead atoms. The summed E-state index contributed by atoms with van der Waals surface area (Å²) >= 11 is 0. The molecule has 3 N–H and O–H groups in total. The third-order valence-electron chi connectivity index (χ3n) is 4.65. The molecule has 1 aliphatic carbocycles. The zero-order valence-corrected chi connectivity index (χ0v) is 12.1. The Labute approximate surface area is 119 Å². The predicted molar refractivity (Wildman–Crippen MR) is 73.3 cm³/mol. The van der Waals surface area contributed by atoms with Crippen molar-refractivity contribution < 1.29 is 19.4 Å². The number of hydrogen-bond acceptors (Lipinski definition) is 4. The summed E-state index contributed by atoms with van der Waals surface area (Å²) in [5.41, 5.74) is -0.844. The van der Waals surface area contributed by atoms with Gasteiger partial charge in [-0.25, -0.2) is 0 Å². The maximum absolute atomic E-state index is 12.4. The summed E-state index contributed by atoms with van der Waals surface area (Å²) < 4.78 is 5.37. The number of aliphatic carboxylic acids is 1. The highest BCUT2D eigenvalue weighted by molar-refractivity contribution is 5.82. The molecule has 0 spiro atoms. The minimum atomic E-state index is -0.844. The summed E-state index contributed by atoms with van der Waals surface area (Å²) in [5, 5.41) is 15.6. The highest BCUT2D eigenvalue weighted by Crippen LogP contribution is 2.38. The number of carboxylic acids is 1. The number of carbonyl (C=O) groups excluding carboxylic acids is 1. The van der Waals surface area contributed by atoms with Crippen LogP contribution in [0.1, 0.15) is 33.1 Å². The van der Waals surface area contributed by atoms with Gasteiger partial charge in [-0.1, -0.05) is 13.3 Å². The summed E-state index contributed by atoms with van der Waals surface area (Å²) in [7, 11) is 0. The molecule has 1 saturated carbocycles. The van der Waals surface area contributed by atoms with Crippen LogP contribution in [-0.2, 0) is 14.3 Å². The first kappa shape index (κ1) is 15.3. The van der Waals surface area contributed by atoms with Gasteiger partial charge in [0, 0.05) is 12.1 Å². The average Bonchev–Trinajstić information content (AvgIpc) is 2.98. The van der Waals surface area contributed by atoms with Crippen molar-refractivity contribution in [1.29, 1.82) is 0 Å². The average molecular weight is 284 g/mol. The molecule has 1 amide bonds. The fourth-order valence-electron chi connectivity index (χ4n) is 3.21. The van der Waals surface area contributed by atoms with Gasteiger partial charge in [0.15, 0.2) is 0 Å². The fourth-order valence-corrected chi connectivity index (χ4v) is 3.21. The number of ether oxygens (including phenoxy) is 1. The van der Waals surface area contributed by atoms with Crippen LogP contribution in [0.2, 0.25) is 0 Å². The van der Waals surface area contributed by atoms with Crippen molar-refractivity contribution in [3.63, 3.8) is 0 Å². The molecular weight excluding hydrogens is 260 g/mol. The molecule has 1 heterocycles. The summed E-state index contributed by atoms with van der Waals surface area (Å²) in [6.45, 7) is 5.44. The van der Waals surface area contributed by atoms with Gasteiger partial charge in [0.2, 0.25) is 5.91 Å². The molecule has 4 atom stereocenters. The van der Waals surface area contributed by atoms with Crippen molar-refractivity contribution in [1.82, 2.24) is 10.6 Å². The molecule has 6 heteroatoms. The lowest BCUT2D eigenvalue weighted by Gasteiger charge is -2.29. The van der Waals surface area contributed by atoms with E-state index < -0.39 is 11.4 Å². The SMILES string of the molecule is CCNC1COCC1C(=O)NC1CCCC1(C)C(=O)O. The van der Waals surface area contributed by atoms with E-state index in [2.05, 4.69) is 10.6 Å². The maximum Gasteiger partial charge on any atom is 0.311 e. The van der Waals surface area contributed by atoms with Crippen LogP contribution in [0.3, 0.4) is 0 Å². The highest BCUT2D eigenvalue weighted by Gasteiger charge is 2.47. The number of carboxylic acid groups (broad SMARTS) is 1. The van der Waals surface area contributed by atoms with Crippen molar-refractivity contribution >= 4 is 11.9 Å². The van der Waals surface area contributed by atoms with Crippen LogP contribution in [-0.4, -0.2) is 48.8 Å². The third kappa shape index (κ3) is 2.81. The number of amides is 1. The van der Waals surface area contributed by atoms with Crippen molar-refractivity contribution in [2.24, 2.45) is 11.3 Å². The number of hydrogen-bond donors (Lipinski definition) is 3. The smallest absolute Gasteiger partial charge is 0.311 e. The van der Waals surface area contributed by atoms with Crippen LogP contribution in [0.4, 0.5) is 0 Å². The molecule has 0 aromatic heterocycles. The monoisotopic (exact) mass is 284 g/mol. The Bertz CT molecular complexity index is 387. The standard InChI is InChI=1S/C14H24N2O4/c1-3-15-10-8-20-7-9(10)12(17)16-11-5-4-6-14(11,2)13(18)19/h9-11,15H,3-8H2,1-2H3,(H,16,17)(H,18,19). The number of likely N-dealkylation sites (N-methyl/N-ethyl adjacent to an activating group) is 1. The lowest BCUT2D eigenvalue weighted by Crippen LogP contribution is -2.51. The Morgan fingerprint density at radius 2 is 2.15 bits per heavy atom. The molecule has 6 nitrogen and oxygen atoms in total. The molecule has 1 saturated heterocycles. The Morgan fingerprint density at radius 3 is 2.80 bits per heavy atom. The molecule has 0 radical (unpaired) electrons. The minimum absolute atomic E-state index is 0.0255. The molecule has 20 heavy (non-hydrogen) atoms. The van der Waals surface area contributed by atoms with Crippen LogP contribution >= 0.6 is 0 Å². The van der Waals surface area contributed by atoms with Gasteiger partial charge >= 0.3 is 5.97 Å². The van der Waals surface area contributed by atoms with Crippen molar-refractivity contribution in [3.8, 4) is 0 Å². The van der Waals surface area contributed by atoms with Crippen molar-refractivity contribution in [3.05, 3.63) is 0 Å². The molecule has 114 valence electrons. The van der Waals surface area contributed by atoms with Gasteiger partial charge in [-0.05, 0) is 26.3 Å². The van der Waals surface area contributed by atoms with E-state index in [1.807, 2.05) is 6.92 Å².